The number of carbonyl (C=O) groups is 1. The molecule has 1 rings (SSSR count). The maximum Gasteiger partial charge on any atom is 0.340 e. The molecule has 1 aromatic carbocycles. The minimum Gasteiger partial charge on any atom is -0.462 e. The zero-order valence-electron chi connectivity index (χ0n) is 13.2. The molecular formula is C17H27NO2. The van der Waals surface area contributed by atoms with Crippen LogP contribution < -0.4 is 5.73 Å². The van der Waals surface area contributed by atoms with Gasteiger partial charge in [-0.05, 0) is 49.4 Å². The number of unbranched alkanes of at least 4 members (excludes halogenated alkanes) is 3. The molecule has 0 spiro atoms. The summed E-state index contributed by atoms with van der Waals surface area (Å²) in [7, 11) is 0. The third-order valence-electron chi connectivity index (χ3n) is 3.89. The molecule has 0 bridgehead atoms. The quantitative estimate of drug-likeness (QED) is 0.462. The van der Waals surface area contributed by atoms with Crippen molar-refractivity contribution in [3.05, 3.63) is 28.3 Å². The summed E-state index contributed by atoms with van der Waals surface area (Å²) in [5.41, 5.74) is 10.4. The molecule has 0 aliphatic carbocycles. The number of carbonyl (C=O) groups excluding carboxylic acids is 1. The Morgan fingerprint density at radius 3 is 2.45 bits per heavy atom. The van der Waals surface area contributed by atoms with Crippen LogP contribution in [0.25, 0.3) is 0 Å². The SMILES string of the molecule is CCCCCCOC(=O)c1cc(CC)c(C)c(C)c1N. The average molecular weight is 277 g/mol. The topological polar surface area (TPSA) is 52.3 Å². The molecule has 2 N–H and O–H groups in total. The Kier molecular flexibility index (Phi) is 6.56. The fourth-order valence-electron chi connectivity index (χ4n) is 2.31. The minimum absolute atomic E-state index is 0.295. The first-order valence-corrected chi connectivity index (χ1v) is 7.58. The summed E-state index contributed by atoms with van der Waals surface area (Å²) in [6.07, 6.45) is 5.28. The van der Waals surface area contributed by atoms with Gasteiger partial charge in [-0.3, -0.25) is 0 Å². The molecule has 0 atom stereocenters. The minimum atomic E-state index is -0.295. The molecule has 112 valence electrons. The molecule has 3 heteroatoms. The second-order valence-corrected chi connectivity index (χ2v) is 5.30. The van der Waals surface area contributed by atoms with Crippen LogP contribution in [0.15, 0.2) is 6.07 Å². The highest BCUT2D eigenvalue weighted by atomic mass is 16.5. The summed E-state index contributed by atoms with van der Waals surface area (Å²) >= 11 is 0. The van der Waals surface area contributed by atoms with Crippen LogP contribution >= 0.6 is 0 Å². The lowest BCUT2D eigenvalue weighted by atomic mass is 9.96. The van der Waals surface area contributed by atoms with E-state index in [4.69, 9.17) is 10.5 Å². The van der Waals surface area contributed by atoms with E-state index in [1.807, 2.05) is 19.9 Å². The highest BCUT2D eigenvalue weighted by Gasteiger charge is 2.16. The zero-order valence-corrected chi connectivity index (χ0v) is 13.2. The summed E-state index contributed by atoms with van der Waals surface area (Å²) in [4.78, 5) is 12.1. The summed E-state index contributed by atoms with van der Waals surface area (Å²) in [5, 5.41) is 0. The van der Waals surface area contributed by atoms with Crippen molar-refractivity contribution in [3.8, 4) is 0 Å². The van der Waals surface area contributed by atoms with Gasteiger partial charge in [-0.15, -0.1) is 0 Å². The molecule has 0 saturated carbocycles. The summed E-state index contributed by atoms with van der Waals surface area (Å²) in [6.45, 7) is 8.73. The van der Waals surface area contributed by atoms with Gasteiger partial charge in [-0.1, -0.05) is 33.1 Å². The maximum absolute atomic E-state index is 12.1. The number of hydrogen-bond acceptors (Lipinski definition) is 3. The fraction of sp³-hybridized carbons (Fsp3) is 0.588. The highest BCUT2D eigenvalue weighted by molar-refractivity contribution is 5.96. The van der Waals surface area contributed by atoms with Crippen molar-refractivity contribution in [2.75, 3.05) is 12.3 Å². The molecule has 3 nitrogen and oxygen atoms in total. The Morgan fingerprint density at radius 1 is 1.15 bits per heavy atom. The summed E-state index contributed by atoms with van der Waals surface area (Å²) < 4.78 is 5.33. The van der Waals surface area contributed by atoms with Crippen LogP contribution in [-0.2, 0) is 11.2 Å². The first kappa shape index (κ1) is 16.5. The van der Waals surface area contributed by atoms with E-state index >= 15 is 0 Å². The van der Waals surface area contributed by atoms with E-state index in [9.17, 15) is 4.79 Å². The Hall–Kier alpha value is -1.51. The van der Waals surface area contributed by atoms with Crippen molar-refractivity contribution in [3.63, 3.8) is 0 Å². The molecular weight excluding hydrogens is 250 g/mol. The van der Waals surface area contributed by atoms with Crippen LogP contribution in [0.4, 0.5) is 5.69 Å². The Labute approximate surface area is 122 Å². The summed E-state index contributed by atoms with van der Waals surface area (Å²) in [5.74, 6) is -0.295. The number of anilines is 1. The van der Waals surface area contributed by atoms with Crippen molar-refractivity contribution < 1.29 is 9.53 Å². The van der Waals surface area contributed by atoms with E-state index in [1.54, 1.807) is 0 Å². The van der Waals surface area contributed by atoms with Crippen LogP contribution in [0.3, 0.4) is 0 Å². The van der Waals surface area contributed by atoms with Crippen LogP contribution in [0.1, 0.15) is 66.6 Å². The monoisotopic (exact) mass is 277 g/mol. The Bertz CT molecular complexity index is 467. The smallest absolute Gasteiger partial charge is 0.340 e. The van der Waals surface area contributed by atoms with Crippen LogP contribution in [0, 0.1) is 13.8 Å². The van der Waals surface area contributed by atoms with Gasteiger partial charge >= 0.3 is 5.97 Å². The molecule has 0 fully saturated rings. The molecule has 20 heavy (non-hydrogen) atoms. The molecule has 0 aliphatic rings. The molecule has 0 saturated heterocycles. The van der Waals surface area contributed by atoms with E-state index in [-0.39, 0.29) is 5.97 Å². The summed E-state index contributed by atoms with van der Waals surface area (Å²) in [6, 6.07) is 1.88. The molecule has 0 aliphatic heterocycles. The molecule has 0 amide bonds. The molecule has 1 aromatic rings. The largest absolute Gasteiger partial charge is 0.462 e. The highest BCUT2D eigenvalue weighted by Crippen LogP contribution is 2.25. The fourth-order valence-corrected chi connectivity index (χ4v) is 2.31. The number of nitrogens with two attached hydrogens (primary N) is 1. The van der Waals surface area contributed by atoms with Gasteiger partial charge in [0.25, 0.3) is 0 Å². The predicted octanol–water partition coefficient (Wildman–Crippen LogP) is 4.19. The standard InChI is InChI=1S/C17H27NO2/c1-5-7-8-9-10-20-17(19)15-11-14(6-2)12(3)13(4)16(15)18/h11H,5-10,18H2,1-4H3. The average Bonchev–Trinajstić information content (AvgIpc) is 2.44. The van der Waals surface area contributed by atoms with Crippen molar-refractivity contribution >= 4 is 11.7 Å². The first-order chi connectivity index (χ1) is 9.52. The maximum atomic E-state index is 12.1. The van der Waals surface area contributed by atoms with Gasteiger partial charge in [0, 0.05) is 5.69 Å². The van der Waals surface area contributed by atoms with Gasteiger partial charge < -0.3 is 10.5 Å². The number of benzene rings is 1. The number of esters is 1. The van der Waals surface area contributed by atoms with Crippen molar-refractivity contribution in [1.29, 1.82) is 0 Å². The van der Waals surface area contributed by atoms with Gasteiger partial charge in [0.1, 0.15) is 0 Å². The number of nitrogen functional groups attached to an aromatic ring is 1. The zero-order chi connectivity index (χ0) is 15.1. The van der Waals surface area contributed by atoms with E-state index in [2.05, 4.69) is 13.8 Å². The Morgan fingerprint density at radius 2 is 1.85 bits per heavy atom. The number of ether oxygens (including phenoxy) is 1. The second-order valence-electron chi connectivity index (χ2n) is 5.30. The van der Waals surface area contributed by atoms with Crippen molar-refractivity contribution in [2.45, 2.75) is 59.8 Å². The van der Waals surface area contributed by atoms with Crippen molar-refractivity contribution in [1.82, 2.24) is 0 Å². The molecule has 0 aromatic heterocycles. The Balaban J connectivity index is 2.75. The molecule has 0 unspecified atom stereocenters. The van der Waals surface area contributed by atoms with Gasteiger partial charge in [0.05, 0.1) is 12.2 Å². The molecule has 0 heterocycles. The van der Waals surface area contributed by atoms with E-state index in [1.165, 1.54) is 18.4 Å². The third-order valence-corrected chi connectivity index (χ3v) is 3.89. The molecule has 0 radical (unpaired) electrons. The van der Waals surface area contributed by atoms with Gasteiger partial charge in [0.2, 0.25) is 0 Å². The number of rotatable bonds is 7. The lowest BCUT2D eigenvalue weighted by Gasteiger charge is -2.14. The van der Waals surface area contributed by atoms with Crippen molar-refractivity contribution in [2.24, 2.45) is 0 Å². The van der Waals surface area contributed by atoms with E-state index in [0.29, 0.717) is 17.9 Å². The van der Waals surface area contributed by atoms with Gasteiger partial charge in [-0.2, -0.15) is 0 Å². The lowest BCUT2D eigenvalue weighted by Crippen LogP contribution is -2.12. The van der Waals surface area contributed by atoms with E-state index in [0.717, 1.165) is 30.4 Å². The van der Waals surface area contributed by atoms with Gasteiger partial charge in [0.15, 0.2) is 0 Å². The second kappa shape index (κ2) is 7.93. The lowest BCUT2D eigenvalue weighted by molar-refractivity contribution is 0.0499. The number of aryl methyl sites for hydroxylation is 1. The van der Waals surface area contributed by atoms with Crippen LogP contribution in [0.5, 0.6) is 0 Å². The van der Waals surface area contributed by atoms with Crippen LogP contribution in [0.2, 0.25) is 0 Å². The first-order valence-electron chi connectivity index (χ1n) is 7.58. The van der Waals surface area contributed by atoms with Gasteiger partial charge in [-0.25, -0.2) is 4.79 Å². The third kappa shape index (κ3) is 3.99. The predicted molar refractivity (Wildman–Crippen MR) is 84.1 cm³/mol. The number of hydrogen-bond donors (Lipinski definition) is 1. The van der Waals surface area contributed by atoms with E-state index < -0.39 is 0 Å². The van der Waals surface area contributed by atoms with Crippen LogP contribution in [-0.4, -0.2) is 12.6 Å². The normalized spacial score (nSPS) is 10.6.